The minimum absolute atomic E-state index is 0.266. The van der Waals surface area contributed by atoms with Crippen molar-refractivity contribution in [2.75, 3.05) is 6.61 Å². The Labute approximate surface area is 116 Å². The number of unbranched alkanes of at least 4 members (excludes halogenated alkanes) is 1. The van der Waals surface area contributed by atoms with Crippen LogP contribution in [0.2, 0.25) is 0 Å². The van der Waals surface area contributed by atoms with Gasteiger partial charge >= 0.3 is 5.97 Å². The maximum atomic E-state index is 11.6. The minimum atomic E-state index is -0.484. The van der Waals surface area contributed by atoms with Crippen LogP contribution in [0.3, 0.4) is 0 Å². The third kappa shape index (κ3) is 6.39. The molecule has 106 valence electrons. The van der Waals surface area contributed by atoms with Crippen LogP contribution in [0.5, 0.6) is 0 Å². The number of benzene rings is 1. The van der Waals surface area contributed by atoms with Crippen molar-refractivity contribution < 1.29 is 9.53 Å². The first-order chi connectivity index (χ1) is 9.13. The molecule has 0 aliphatic rings. The Morgan fingerprint density at radius 2 is 1.95 bits per heavy atom. The summed E-state index contributed by atoms with van der Waals surface area (Å²) in [5.41, 5.74) is 8.37. The first-order valence-electron chi connectivity index (χ1n) is 7.11. The van der Waals surface area contributed by atoms with E-state index in [1.807, 2.05) is 0 Å². The summed E-state index contributed by atoms with van der Waals surface area (Å²) in [4.78, 5) is 11.6. The van der Waals surface area contributed by atoms with E-state index in [0.717, 1.165) is 25.7 Å². The molecule has 1 unspecified atom stereocenters. The third-order valence-electron chi connectivity index (χ3n) is 3.15. The molecule has 0 bridgehead atoms. The van der Waals surface area contributed by atoms with E-state index in [0.29, 0.717) is 13.0 Å². The van der Waals surface area contributed by atoms with E-state index in [-0.39, 0.29) is 5.97 Å². The Bertz CT molecular complexity index is 373. The highest BCUT2D eigenvalue weighted by atomic mass is 16.5. The fraction of sp³-hybridized carbons (Fsp3) is 0.562. The van der Waals surface area contributed by atoms with E-state index in [9.17, 15) is 4.79 Å². The summed E-state index contributed by atoms with van der Waals surface area (Å²) < 4.78 is 5.10. The molecule has 0 aliphatic heterocycles. The smallest absolute Gasteiger partial charge is 0.322 e. The first-order valence-corrected chi connectivity index (χ1v) is 7.11. The fourth-order valence-corrected chi connectivity index (χ4v) is 1.82. The van der Waals surface area contributed by atoms with Gasteiger partial charge in [0.15, 0.2) is 0 Å². The minimum Gasteiger partial charge on any atom is -0.465 e. The van der Waals surface area contributed by atoms with E-state index < -0.39 is 6.04 Å². The van der Waals surface area contributed by atoms with Crippen molar-refractivity contribution in [3.63, 3.8) is 0 Å². The maximum absolute atomic E-state index is 11.6. The first kappa shape index (κ1) is 15.7. The summed E-state index contributed by atoms with van der Waals surface area (Å²) in [6.45, 7) is 4.63. The number of carbonyl (C=O) groups excluding carboxylic acids is 1. The van der Waals surface area contributed by atoms with Gasteiger partial charge in [-0.05, 0) is 38.2 Å². The lowest BCUT2D eigenvalue weighted by molar-refractivity contribution is -0.145. The van der Waals surface area contributed by atoms with Crippen LogP contribution >= 0.6 is 0 Å². The number of carbonyl (C=O) groups is 1. The third-order valence-corrected chi connectivity index (χ3v) is 3.15. The van der Waals surface area contributed by atoms with E-state index >= 15 is 0 Å². The predicted octanol–water partition coefficient (Wildman–Crippen LogP) is 2.99. The van der Waals surface area contributed by atoms with Crippen LogP contribution in [0.15, 0.2) is 24.3 Å². The lowest BCUT2D eigenvalue weighted by atomic mass is 10.0. The van der Waals surface area contributed by atoms with E-state index in [1.165, 1.54) is 11.1 Å². The molecule has 3 heteroatoms. The molecule has 1 aromatic rings. The number of hydrogen-bond donors (Lipinski definition) is 1. The zero-order valence-electron chi connectivity index (χ0n) is 12.0. The van der Waals surface area contributed by atoms with Crippen molar-refractivity contribution in [1.29, 1.82) is 0 Å². The molecule has 1 aromatic carbocycles. The molecule has 0 saturated heterocycles. The van der Waals surface area contributed by atoms with Gasteiger partial charge in [-0.15, -0.1) is 0 Å². The maximum Gasteiger partial charge on any atom is 0.322 e. The number of aryl methyl sites for hydroxylation is 2. The molecular weight excluding hydrogens is 238 g/mol. The highest BCUT2D eigenvalue weighted by Gasteiger charge is 2.14. The molecule has 0 aliphatic carbocycles. The second kappa shape index (κ2) is 8.70. The van der Waals surface area contributed by atoms with Crippen molar-refractivity contribution in [1.82, 2.24) is 0 Å². The molecule has 1 rings (SSSR count). The van der Waals surface area contributed by atoms with Gasteiger partial charge in [0.1, 0.15) is 6.04 Å². The van der Waals surface area contributed by atoms with Gasteiger partial charge in [0.25, 0.3) is 0 Å². The quantitative estimate of drug-likeness (QED) is 0.579. The molecule has 0 saturated carbocycles. The van der Waals surface area contributed by atoms with Crippen LogP contribution < -0.4 is 5.73 Å². The number of rotatable bonds is 8. The largest absolute Gasteiger partial charge is 0.465 e. The molecule has 2 N–H and O–H groups in total. The van der Waals surface area contributed by atoms with Crippen molar-refractivity contribution in [2.45, 2.75) is 52.0 Å². The molecule has 0 fully saturated rings. The molecular formula is C16H25NO2. The second-order valence-corrected chi connectivity index (χ2v) is 5.01. The van der Waals surface area contributed by atoms with Gasteiger partial charge in [0.2, 0.25) is 0 Å². The topological polar surface area (TPSA) is 52.3 Å². The average Bonchev–Trinajstić information content (AvgIpc) is 2.41. The molecule has 0 amide bonds. The van der Waals surface area contributed by atoms with Crippen LogP contribution in [0.4, 0.5) is 0 Å². The van der Waals surface area contributed by atoms with Crippen LogP contribution in [0.1, 0.15) is 43.7 Å². The van der Waals surface area contributed by atoms with Gasteiger partial charge in [0, 0.05) is 0 Å². The van der Waals surface area contributed by atoms with E-state index in [4.69, 9.17) is 10.5 Å². The molecule has 3 nitrogen and oxygen atoms in total. The molecule has 0 aromatic heterocycles. The molecule has 0 radical (unpaired) electrons. The summed E-state index contributed by atoms with van der Waals surface area (Å²) in [5.74, 6) is -0.266. The molecule has 0 spiro atoms. The molecule has 1 atom stereocenters. The van der Waals surface area contributed by atoms with Gasteiger partial charge in [0.05, 0.1) is 6.61 Å². The van der Waals surface area contributed by atoms with Crippen molar-refractivity contribution in [2.24, 2.45) is 5.73 Å². The van der Waals surface area contributed by atoms with Crippen molar-refractivity contribution >= 4 is 5.97 Å². The Balaban J connectivity index is 2.20. The van der Waals surface area contributed by atoms with Gasteiger partial charge < -0.3 is 10.5 Å². The van der Waals surface area contributed by atoms with Crippen molar-refractivity contribution in [3.05, 3.63) is 35.4 Å². The van der Waals surface area contributed by atoms with E-state index in [1.54, 1.807) is 0 Å². The van der Waals surface area contributed by atoms with Crippen LogP contribution in [-0.2, 0) is 16.0 Å². The van der Waals surface area contributed by atoms with E-state index in [2.05, 4.69) is 38.1 Å². The standard InChI is InChI=1S/C16H25NO2/c1-3-4-12-19-16(18)15(17)7-5-6-14-10-8-13(2)9-11-14/h8-11,15H,3-7,12,17H2,1-2H3. The number of hydrogen-bond acceptors (Lipinski definition) is 3. The highest BCUT2D eigenvalue weighted by Crippen LogP contribution is 2.08. The summed E-state index contributed by atoms with van der Waals surface area (Å²) in [5, 5.41) is 0. The zero-order chi connectivity index (χ0) is 14.1. The normalized spacial score (nSPS) is 12.2. The molecule has 0 heterocycles. The second-order valence-electron chi connectivity index (χ2n) is 5.01. The van der Waals surface area contributed by atoms with Gasteiger partial charge in [-0.3, -0.25) is 4.79 Å². The number of ether oxygens (including phenoxy) is 1. The van der Waals surface area contributed by atoms with Gasteiger partial charge in [-0.2, -0.15) is 0 Å². The Kier molecular flexibility index (Phi) is 7.19. The summed E-state index contributed by atoms with van der Waals surface area (Å²) in [6.07, 6.45) is 4.47. The monoisotopic (exact) mass is 263 g/mol. The summed E-state index contributed by atoms with van der Waals surface area (Å²) in [6, 6.07) is 7.98. The van der Waals surface area contributed by atoms with Crippen LogP contribution in [0.25, 0.3) is 0 Å². The highest BCUT2D eigenvalue weighted by molar-refractivity contribution is 5.75. The predicted molar refractivity (Wildman–Crippen MR) is 78.0 cm³/mol. The Hall–Kier alpha value is -1.35. The Morgan fingerprint density at radius 1 is 1.26 bits per heavy atom. The Morgan fingerprint density at radius 3 is 2.58 bits per heavy atom. The zero-order valence-corrected chi connectivity index (χ0v) is 12.0. The van der Waals surface area contributed by atoms with Gasteiger partial charge in [-0.1, -0.05) is 43.2 Å². The lowest BCUT2D eigenvalue weighted by Gasteiger charge is -2.11. The fourth-order valence-electron chi connectivity index (χ4n) is 1.82. The van der Waals surface area contributed by atoms with Crippen molar-refractivity contribution in [3.8, 4) is 0 Å². The SMILES string of the molecule is CCCCOC(=O)C(N)CCCc1ccc(C)cc1. The number of esters is 1. The van der Waals surface area contributed by atoms with Crippen LogP contribution in [0, 0.1) is 6.92 Å². The summed E-state index contributed by atoms with van der Waals surface area (Å²) >= 11 is 0. The lowest BCUT2D eigenvalue weighted by Crippen LogP contribution is -2.32. The summed E-state index contributed by atoms with van der Waals surface area (Å²) in [7, 11) is 0. The van der Waals surface area contributed by atoms with Gasteiger partial charge in [-0.25, -0.2) is 0 Å². The molecule has 19 heavy (non-hydrogen) atoms. The van der Waals surface area contributed by atoms with Crippen LogP contribution in [-0.4, -0.2) is 18.6 Å². The number of nitrogens with two attached hydrogens (primary N) is 1. The average molecular weight is 263 g/mol.